The molecule has 0 amide bonds. The molecule has 2 aromatic carbocycles. The summed E-state index contributed by atoms with van der Waals surface area (Å²) in [5.74, 6) is -3.98. The number of rotatable bonds is 3. The second-order valence-corrected chi connectivity index (χ2v) is 5.98. The summed E-state index contributed by atoms with van der Waals surface area (Å²) < 4.78 is 41.0. The maximum Gasteiger partial charge on any atom is 0.220 e. The molecule has 0 aliphatic carbocycles. The number of hydrogen-bond acceptors (Lipinski definition) is 4. The van der Waals surface area contributed by atoms with Crippen LogP contribution in [0.25, 0.3) is 22.3 Å². The second kappa shape index (κ2) is 6.68. The number of pyridine rings is 1. The van der Waals surface area contributed by atoms with Crippen LogP contribution in [0.5, 0.6) is 0 Å². The molecule has 0 saturated heterocycles. The lowest BCUT2D eigenvalue weighted by atomic mass is 10.1. The Balaban J connectivity index is 1.88. The van der Waals surface area contributed by atoms with Crippen molar-refractivity contribution < 1.29 is 13.2 Å². The predicted octanol–water partition coefficient (Wildman–Crippen LogP) is 4.28. The molecule has 2 N–H and O–H groups in total. The minimum atomic E-state index is -1.53. The topological polar surface area (TPSA) is 64.7 Å². The van der Waals surface area contributed by atoms with Gasteiger partial charge in [-0.1, -0.05) is 30.3 Å². The van der Waals surface area contributed by atoms with Crippen molar-refractivity contribution in [2.24, 2.45) is 0 Å². The lowest BCUT2D eigenvalue weighted by Gasteiger charge is -2.09. The number of benzene rings is 2. The highest BCUT2D eigenvalue weighted by molar-refractivity contribution is 5.81. The maximum atomic E-state index is 14.2. The minimum absolute atomic E-state index is 0.0991. The number of anilines is 1. The van der Waals surface area contributed by atoms with Crippen LogP contribution in [0.2, 0.25) is 0 Å². The first-order valence-electron chi connectivity index (χ1n) is 8.14. The molecule has 0 aliphatic rings. The third kappa shape index (κ3) is 3.19. The van der Waals surface area contributed by atoms with E-state index in [1.54, 1.807) is 6.07 Å². The van der Waals surface area contributed by atoms with E-state index >= 15 is 0 Å². The molecule has 27 heavy (non-hydrogen) atoms. The quantitative estimate of drug-likeness (QED) is 0.550. The molecule has 0 saturated carbocycles. The first kappa shape index (κ1) is 17.0. The average molecular weight is 366 g/mol. The Kier molecular flexibility index (Phi) is 4.19. The molecule has 0 bridgehead atoms. The molecule has 0 fully saturated rings. The Morgan fingerprint density at radius 3 is 2.33 bits per heavy atom. The number of nitrogens with two attached hydrogens (primary N) is 1. The van der Waals surface area contributed by atoms with Crippen molar-refractivity contribution in [3.8, 4) is 11.3 Å². The van der Waals surface area contributed by atoms with Gasteiger partial charge in [0.1, 0.15) is 5.52 Å². The van der Waals surface area contributed by atoms with E-state index < -0.39 is 17.5 Å². The van der Waals surface area contributed by atoms with Crippen LogP contribution in [0.4, 0.5) is 19.1 Å². The van der Waals surface area contributed by atoms with Crippen molar-refractivity contribution in [3.63, 3.8) is 0 Å². The van der Waals surface area contributed by atoms with Gasteiger partial charge >= 0.3 is 0 Å². The fraction of sp³-hybridized carbons (Fsp3) is 0.0500. The molecule has 4 aromatic rings. The summed E-state index contributed by atoms with van der Waals surface area (Å²) in [5.41, 5.74) is 8.27. The molecule has 0 radical (unpaired) electrons. The van der Waals surface area contributed by atoms with Crippen LogP contribution in [0.3, 0.4) is 0 Å². The van der Waals surface area contributed by atoms with Crippen molar-refractivity contribution >= 4 is 17.0 Å². The first-order valence-corrected chi connectivity index (χ1v) is 8.14. The monoisotopic (exact) mass is 366 g/mol. The fourth-order valence-electron chi connectivity index (χ4n) is 2.88. The smallest absolute Gasteiger partial charge is 0.220 e. The van der Waals surface area contributed by atoms with E-state index in [0.29, 0.717) is 23.1 Å². The van der Waals surface area contributed by atoms with E-state index in [1.165, 1.54) is 6.07 Å². The summed E-state index contributed by atoms with van der Waals surface area (Å²) in [6, 6.07) is 14.7. The van der Waals surface area contributed by atoms with Gasteiger partial charge < -0.3 is 5.73 Å². The van der Waals surface area contributed by atoms with Crippen molar-refractivity contribution in [1.29, 1.82) is 0 Å². The van der Waals surface area contributed by atoms with Crippen molar-refractivity contribution in [2.75, 3.05) is 5.73 Å². The van der Waals surface area contributed by atoms with Gasteiger partial charge in [-0.25, -0.2) is 28.1 Å². The normalized spacial score (nSPS) is 11.1. The molecule has 4 rings (SSSR count). The zero-order valence-electron chi connectivity index (χ0n) is 14.0. The summed E-state index contributed by atoms with van der Waals surface area (Å²) in [6.45, 7) is 0. The SMILES string of the molecule is Nc1nc(Cc2ccccc2)c2nc(-c3ccc(F)c(F)c3F)ccc2n1. The number of halogens is 3. The van der Waals surface area contributed by atoms with E-state index in [1.807, 2.05) is 30.3 Å². The molecule has 0 atom stereocenters. The standard InChI is InChI=1S/C20H13F3N4/c21-13-7-6-12(17(22)18(13)23)14-8-9-15-19(25-14)16(27-20(24)26-15)10-11-4-2-1-3-5-11/h1-9H,10H2,(H2,24,26,27). The number of nitrogens with zero attached hydrogens (tertiary/aromatic N) is 3. The van der Waals surface area contributed by atoms with Gasteiger partial charge in [-0.2, -0.15) is 0 Å². The summed E-state index contributed by atoms with van der Waals surface area (Å²) >= 11 is 0. The van der Waals surface area contributed by atoms with Gasteiger partial charge in [-0.3, -0.25) is 0 Å². The molecule has 2 heterocycles. The summed E-state index contributed by atoms with van der Waals surface area (Å²) in [5, 5.41) is 0. The van der Waals surface area contributed by atoms with Crippen molar-refractivity contribution in [2.45, 2.75) is 6.42 Å². The van der Waals surface area contributed by atoms with E-state index in [-0.39, 0.29) is 17.2 Å². The largest absolute Gasteiger partial charge is 0.368 e. The van der Waals surface area contributed by atoms with Gasteiger partial charge in [0.05, 0.1) is 16.9 Å². The average Bonchev–Trinajstić information content (AvgIpc) is 2.67. The van der Waals surface area contributed by atoms with Crippen LogP contribution in [0.15, 0.2) is 54.6 Å². The van der Waals surface area contributed by atoms with Crippen LogP contribution < -0.4 is 5.73 Å². The maximum absolute atomic E-state index is 14.2. The van der Waals surface area contributed by atoms with E-state index in [0.717, 1.165) is 17.7 Å². The zero-order valence-corrected chi connectivity index (χ0v) is 14.0. The molecule has 134 valence electrons. The van der Waals surface area contributed by atoms with Gasteiger partial charge in [0.2, 0.25) is 5.95 Å². The van der Waals surface area contributed by atoms with Crippen LogP contribution in [0.1, 0.15) is 11.3 Å². The number of aromatic nitrogens is 3. The van der Waals surface area contributed by atoms with Gasteiger partial charge in [0.25, 0.3) is 0 Å². The Morgan fingerprint density at radius 2 is 1.56 bits per heavy atom. The van der Waals surface area contributed by atoms with E-state index in [4.69, 9.17) is 5.73 Å². The summed E-state index contributed by atoms with van der Waals surface area (Å²) in [7, 11) is 0. The van der Waals surface area contributed by atoms with Crippen LogP contribution in [-0.4, -0.2) is 15.0 Å². The Morgan fingerprint density at radius 1 is 0.778 bits per heavy atom. The molecule has 7 heteroatoms. The summed E-state index contributed by atoms with van der Waals surface area (Å²) in [4.78, 5) is 12.8. The zero-order chi connectivity index (χ0) is 19.0. The second-order valence-electron chi connectivity index (χ2n) is 5.98. The predicted molar refractivity (Wildman–Crippen MR) is 96.3 cm³/mol. The van der Waals surface area contributed by atoms with E-state index in [9.17, 15) is 13.2 Å². The van der Waals surface area contributed by atoms with Crippen LogP contribution in [0, 0.1) is 17.5 Å². The lowest BCUT2D eigenvalue weighted by molar-refractivity contribution is 0.449. The van der Waals surface area contributed by atoms with E-state index in [2.05, 4.69) is 15.0 Å². The Labute approximate surface area is 152 Å². The highest BCUT2D eigenvalue weighted by Crippen LogP contribution is 2.27. The molecule has 0 unspecified atom stereocenters. The summed E-state index contributed by atoms with van der Waals surface area (Å²) in [6.07, 6.45) is 0.445. The highest BCUT2D eigenvalue weighted by Gasteiger charge is 2.17. The van der Waals surface area contributed by atoms with Gasteiger partial charge in [-0.05, 0) is 29.8 Å². The van der Waals surface area contributed by atoms with Gasteiger partial charge in [0.15, 0.2) is 17.5 Å². The Bertz CT molecular complexity index is 1150. The van der Waals surface area contributed by atoms with Gasteiger partial charge in [-0.15, -0.1) is 0 Å². The van der Waals surface area contributed by atoms with Gasteiger partial charge in [0, 0.05) is 12.0 Å². The molecule has 2 aromatic heterocycles. The molecule has 0 aliphatic heterocycles. The van der Waals surface area contributed by atoms with Crippen molar-refractivity contribution in [1.82, 2.24) is 15.0 Å². The number of nitrogen functional groups attached to an aromatic ring is 1. The first-order chi connectivity index (χ1) is 13.0. The molecule has 4 nitrogen and oxygen atoms in total. The minimum Gasteiger partial charge on any atom is -0.368 e. The lowest BCUT2D eigenvalue weighted by Crippen LogP contribution is -2.04. The molecule has 0 spiro atoms. The fourth-order valence-corrected chi connectivity index (χ4v) is 2.88. The van der Waals surface area contributed by atoms with Crippen LogP contribution >= 0.6 is 0 Å². The van der Waals surface area contributed by atoms with Crippen molar-refractivity contribution in [3.05, 3.63) is 83.3 Å². The highest BCUT2D eigenvalue weighted by atomic mass is 19.2. The van der Waals surface area contributed by atoms with Crippen LogP contribution in [-0.2, 0) is 6.42 Å². The molecular weight excluding hydrogens is 353 g/mol. The Hall–Kier alpha value is -3.48. The number of hydrogen-bond donors (Lipinski definition) is 1. The number of fused-ring (bicyclic) bond motifs is 1. The molecular formula is C20H13F3N4. The third-order valence-corrected chi connectivity index (χ3v) is 4.16. The third-order valence-electron chi connectivity index (χ3n) is 4.16.